The van der Waals surface area contributed by atoms with E-state index < -0.39 is 0 Å². The van der Waals surface area contributed by atoms with Crippen LogP contribution in [0, 0.1) is 5.41 Å². The molecule has 146 valence electrons. The largest absolute Gasteiger partial charge is 0.506 e. The van der Waals surface area contributed by atoms with Gasteiger partial charge in [-0.2, -0.15) is 0 Å². The Balaban J connectivity index is 0.000000289. The molecule has 0 fully saturated rings. The number of halogens is 2. The fourth-order valence-corrected chi connectivity index (χ4v) is 3.59. The molecule has 1 aliphatic carbocycles. The van der Waals surface area contributed by atoms with Gasteiger partial charge in [-0.1, -0.05) is 23.2 Å². The smallest absolute Gasteiger partial charge is 0.143 e. The average molecular weight is 427 g/mol. The third kappa shape index (κ3) is 8.65. The van der Waals surface area contributed by atoms with Crippen LogP contribution in [0.25, 0.3) is 0 Å². The summed E-state index contributed by atoms with van der Waals surface area (Å²) in [5, 5.41) is 16.6. The molecule has 0 aromatic heterocycles. The molecule has 0 aliphatic heterocycles. The minimum absolute atomic E-state index is 0.105. The maximum absolute atomic E-state index is 9.18. The van der Waals surface area contributed by atoms with E-state index >= 15 is 0 Å². The number of aromatic hydroxyl groups is 1. The molecule has 0 spiro atoms. The average Bonchev–Trinajstić information content (AvgIpc) is 2.65. The Morgan fingerprint density at radius 1 is 1.30 bits per heavy atom. The van der Waals surface area contributed by atoms with E-state index in [0.29, 0.717) is 16.4 Å². The first-order valence-electron chi connectivity index (χ1n) is 8.31. The van der Waals surface area contributed by atoms with Gasteiger partial charge >= 0.3 is 0 Å². The molecule has 1 aromatic carbocycles. The molecule has 0 unspecified atom stereocenters. The van der Waals surface area contributed by atoms with Crippen molar-refractivity contribution in [2.45, 2.75) is 32.6 Å². The number of phenols is 1. The number of phenolic OH excluding ortho intramolecular Hbond substituents is 1. The highest BCUT2D eigenvalue weighted by molar-refractivity contribution is 8.02. The number of benzene rings is 1. The van der Waals surface area contributed by atoms with Crippen molar-refractivity contribution in [3.8, 4) is 5.75 Å². The molecular weight excluding hydrogens is 403 g/mol. The predicted molar refractivity (Wildman–Crippen MR) is 120 cm³/mol. The number of rotatable bonds is 5. The SMILES string of the molecule is CSC1=C(/C=C/N=CN=C(C)N)CCCC1.N=Cc1cc(Cl)cc(Cl)c1O. The Morgan fingerprint density at radius 3 is 2.63 bits per heavy atom. The number of allylic oxidation sites excluding steroid dienone is 3. The van der Waals surface area contributed by atoms with Crippen LogP contribution in [0.3, 0.4) is 0 Å². The van der Waals surface area contributed by atoms with Crippen molar-refractivity contribution in [3.05, 3.63) is 50.5 Å². The van der Waals surface area contributed by atoms with Crippen LogP contribution in [0.2, 0.25) is 10.0 Å². The van der Waals surface area contributed by atoms with Gasteiger partial charge in [-0.25, -0.2) is 9.98 Å². The highest BCUT2D eigenvalue weighted by Gasteiger charge is 2.08. The van der Waals surface area contributed by atoms with E-state index in [1.807, 2.05) is 11.8 Å². The quantitative estimate of drug-likeness (QED) is 0.410. The Kier molecular flexibility index (Phi) is 10.9. The maximum atomic E-state index is 9.18. The van der Waals surface area contributed by atoms with E-state index in [1.165, 1.54) is 54.6 Å². The van der Waals surface area contributed by atoms with Gasteiger partial charge in [0.05, 0.1) is 10.9 Å². The first-order chi connectivity index (χ1) is 12.9. The third-order valence-electron chi connectivity index (χ3n) is 3.61. The summed E-state index contributed by atoms with van der Waals surface area (Å²) in [6, 6.07) is 2.89. The summed E-state index contributed by atoms with van der Waals surface area (Å²) >= 11 is 13.0. The number of nitrogens with one attached hydrogen (secondary N) is 1. The number of hydrogen-bond acceptors (Lipinski definition) is 4. The van der Waals surface area contributed by atoms with Crippen LogP contribution in [-0.2, 0) is 0 Å². The van der Waals surface area contributed by atoms with Crippen molar-refractivity contribution in [2.24, 2.45) is 15.7 Å². The summed E-state index contributed by atoms with van der Waals surface area (Å²) in [7, 11) is 0. The van der Waals surface area contributed by atoms with Crippen LogP contribution < -0.4 is 5.73 Å². The van der Waals surface area contributed by atoms with Gasteiger partial charge in [-0.15, -0.1) is 11.8 Å². The molecule has 0 amide bonds. The topological polar surface area (TPSA) is 94.8 Å². The maximum Gasteiger partial charge on any atom is 0.143 e. The van der Waals surface area contributed by atoms with Crippen LogP contribution in [0.4, 0.5) is 0 Å². The van der Waals surface area contributed by atoms with Gasteiger partial charge in [-0.05, 0) is 67.5 Å². The summed E-state index contributed by atoms with van der Waals surface area (Å²) in [5.74, 6) is 0.421. The van der Waals surface area contributed by atoms with E-state index in [9.17, 15) is 5.11 Å². The van der Waals surface area contributed by atoms with Gasteiger partial charge in [0.25, 0.3) is 0 Å². The number of hydrogen-bond donors (Lipinski definition) is 3. The zero-order valence-electron chi connectivity index (χ0n) is 15.4. The summed E-state index contributed by atoms with van der Waals surface area (Å²) in [4.78, 5) is 9.43. The molecule has 2 rings (SSSR count). The first kappa shape index (κ1) is 23.3. The Morgan fingerprint density at radius 2 is 2.00 bits per heavy atom. The summed E-state index contributed by atoms with van der Waals surface area (Å²) in [6.45, 7) is 1.74. The second-order valence-corrected chi connectivity index (χ2v) is 7.42. The fourth-order valence-electron chi connectivity index (χ4n) is 2.30. The Bertz CT molecular complexity index is 769. The minimum atomic E-state index is -0.105. The lowest BCUT2D eigenvalue weighted by atomic mass is 9.99. The molecule has 1 aliphatic rings. The molecular formula is C19H24Cl2N4OS. The van der Waals surface area contributed by atoms with Crippen molar-refractivity contribution in [3.63, 3.8) is 0 Å². The van der Waals surface area contributed by atoms with E-state index in [-0.39, 0.29) is 10.8 Å². The number of nitrogens with zero attached hydrogens (tertiary/aromatic N) is 2. The van der Waals surface area contributed by atoms with Gasteiger partial charge in [-0.3, -0.25) is 0 Å². The fraction of sp³-hybridized carbons (Fsp3) is 0.316. The second-order valence-electron chi connectivity index (χ2n) is 5.68. The van der Waals surface area contributed by atoms with Crippen molar-refractivity contribution in [1.82, 2.24) is 0 Å². The summed E-state index contributed by atoms with van der Waals surface area (Å²) in [5.41, 5.74) is 7.13. The van der Waals surface area contributed by atoms with Crippen LogP contribution in [0.5, 0.6) is 5.75 Å². The first-order valence-corrected chi connectivity index (χ1v) is 10.3. The van der Waals surface area contributed by atoms with E-state index in [0.717, 1.165) is 6.21 Å². The molecule has 27 heavy (non-hydrogen) atoms. The molecule has 0 bridgehead atoms. The lowest BCUT2D eigenvalue weighted by Gasteiger charge is -2.15. The molecule has 0 saturated heterocycles. The highest BCUT2D eigenvalue weighted by Crippen LogP contribution is 2.32. The van der Waals surface area contributed by atoms with Crippen LogP contribution in [0.15, 0.2) is 44.9 Å². The molecule has 0 heterocycles. The van der Waals surface area contributed by atoms with Gasteiger partial charge in [0.2, 0.25) is 0 Å². The van der Waals surface area contributed by atoms with E-state index in [2.05, 4.69) is 22.3 Å². The monoisotopic (exact) mass is 426 g/mol. The Hall–Kier alpha value is -1.76. The van der Waals surface area contributed by atoms with Crippen LogP contribution in [0.1, 0.15) is 38.2 Å². The van der Waals surface area contributed by atoms with Crippen molar-refractivity contribution in [1.29, 1.82) is 5.41 Å². The standard InChI is InChI=1S/C12H19N3S.C7H5Cl2NO/c1-10(13)15-9-14-8-7-11-5-3-4-6-12(11)16-2;8-5-1-4(3-10)7(11)6(9)2-5/h7-9H,3-6H2,1-2H3,(H2,13,14,15);1-3,10-11H/b8-7+;. The van der Waals surface area contributed by atoms with E-state index in [4.69, 9.17) is 34.3 Å². The zero-order valence-corrected chi connectivity index (χ0v) is 17.7. The van der Waals surface area contributed by atoms with Crippen molar-refractivity contribution >= 4 is 53.4 Å². The lowest BCUT2D eigenvalue weighted by molar-refractivity contribution is 0.474. The van der Waals surface area contributed by atoms with Crippen molar-refractivity contribution in [2.75, 3.05) is 6.26 Å². The van der Waals surface area contributed by atoms with Gasteiger partial charge in [0, 0.05) is 23.0 Å². The Labute approximate surface area is 174 Å². The molecule has 5 nitrogen and oxygen atoms in total. The van der Waals surface area contributed by atoms with Gasteiger partial charge in [0.15, 0.2) is 0 Å². The molecule has 0 saturated carbocycles. The van der Waals surface area contributed by atoms with Crippen LogP contribution >= 0.6 is 35.0 Å². The van der Waals surface area contributed by atoms with Crippen molar-refractivity contribution < 1.29 is 5.11 Å². The predicted octanol–water partition coefficient (Wildman–Crippen LogP) is 5.79. The molecule has 1 aromatic rings. The number of nitrogens with two attached hydrogens (primary N) is 1. The van der Waals surface area contributed by atoms with Gasteiger partial charge in [0.1, 0.15) is 12.1 Å². The minimum Gasteiger partial charge on any atom is -0.506 e. The molecule has 0 atom stereocenters. The number of thioether (sulfide) groups is 1. The molecule has 0 radical (unpaired) electrons. The summed E-state index contributed by atoms with van der Waals surface area (Å²) in [6.07, 6.45) is 13.5. The van der Waals surface area contributed by atoms with Crippen LogP contribution in [-0.4, -0.2) is 29.8 Å². The number of amidine groups is 1. The zero-order chi connectivity index (χ0) is 20.2. The highest BCUT2D eigenvalue weighted by atomic mass is 35.5. The molecule has 4 N–H and O–H groups in total. The number of aliphatic imine (C=N–C) groups is 2. The second kappa shape index (κ2) is 12.6. The third-order valence-corrected chi connectivity index (χ3v) is 5.07. The normalized spacial score (nSPS) is 15.2. The molecule has 8 heteroatoms. The van der Waals surface area contributed by atoms with E-state index in [1.54, 1.807) is 13.1 Å². The van der Waals surface area contributed by atoms with Gasteiger partial charge < -0.3 is 16.2 Å². The lowest BCUT2D eigenvalue weighted by Crippen LogP contribution is -2.04. The summed E-state index contributed by atoms with van der Waals surface area (Å²) < 4.78 is 0.